The molecule has 18 heavy (non-hydrogen) atoms. The first-order valence-corrected chi connectivity index (χ1v) is 5.91. The van der Waals surface area contributed by atoms with E-state index in [1.807, 2.05) is 12.1 Å². The first-order chi connectivity index (χ1) is 8.47. The van der Waals surface area contributed by atoms with Gasteiger partial charge in [0.2, 0.25) is 0 Å². The normalized spacial score (nSPS) is 21.4. The van der Waals surface area contributed by atoms with E-state index in [1.54, 1.807) is 12.1 Å². The predicted octanol–water partition coefficient (Wildman–Crippen LogP) is 3.00. The number of ether oxygens (including phenoxy) is 1. The maximum atomic E-state index is 12.1. The lowest BCUT2D eigenvalue weighted by Gasteiger charge is -2.29. The zero-order valence-corrected chi connectivity index (χ0v) is 9.78. The van der Waals surface area contributed by atoms with Crippen molar-refractivity contribution in [1.29, 1.82) is 0 Å². The standard InChI is InChI=1S/C13H15F3O2/c14-13(15,16)7-5-11(17)12-10-4-2-1-3-9(10)6-8-18-12/h1-4,11-12,17H,5-8H2. The van der Waals surface area contributed by atoms with Crippen LogP contribution in [0.3, 0.4) is 0 Å². The van der Waals surface area contributed by atoms with Crippen LogP contribution in [0.25, 0.3) is 0 Å². The van der Waals surface area contributed by atoms with Crippen molar-refractivity contribution in [3.05, 3.63) is 35.4 Å². The van der Waals surface area contributed by atoms with Crippen LogP contribution in [-0.2, 0) is 11.2 Å². The van der Waals surface area contributed by atoms with Gasteiger partial charge in [0.1, 0.15) is 6.10 Å². The summed E-state index contributed by atoms with van der Waals surface area (Å²) in [5.41, 5.74) is 1.85. The fraction of sp³-hybridized carbons (Fsp3) is 0.538. The summed E-state index contributed by atoms with van der Waals surface area (Å²) in [6.45, 7) is 0.435. The van der Waals surface area contributed by atoms with Gasteiger partial charge < -0.3 is 9.84 Å². The summed E-state index contributed by atoms with van der Waals surface area (Å²) in [5.74, 6) is 0. The van der Waals surface area contributed by atoms with Crippen LogP contribution in [0, 0.1) is 0 Å². The molecule has 1 aromatic carbocycles. The van der Waals surface area contributed by atoms with E-state index < -0.39 is 24.8 Å². The number of alkyl halides is 3. The molecular weight excluding hydrogens is 245 g/mol. The number of fused-ring (bicyclic) bond motifs is 1. The van der Waals surface area contributed by atoms with Crippen LogP contribution >= 0.6 is 0 Å². The van der Waals surface area contributed by atoms with E-state index in [0.29, 0.717) is 6.61 Å². The Kier molecular flexibility index (Phi) is 3.92. The topological polar surface area (TPSA) is 29.5 Å². The van der Waals surface area contributed by atoms with Crippen molar-refractivity contribution in [2.75, 3.05) is 6.61 Å². The van der Waals surface area contributed by atoms with Gasteiger partial charge in [-0.3, -0.25) is 0 Å². The molecule has 0 aliphatic carbocycles. The maximum absolute atomic E-state index is 12.1. The lowest BCUT2D eigenvalue weighted by Crippen LogP contribution is -2.28. The summed E-state index contributed by atoms with van der Waals surface area (Å²) in [4.78, 5) is 0. The van der Waals surface area contributed by atoms with E-state index in [4.69, 9.17) is 4.74 Å². The fourth-order valence-corrected chi connectivity index (χ4v) is 2.21. The van der Waals surface area contributed by atoms with Crippen molar-refractivity contribution in [2.45, 2.75) is 37.6 Å². The van der Waals surface area contributed by atoms with Gasteiger partial charge in [-0.2, -0.15) is 13.2 Å². The average Bonchev–Trinajstić information content (AvgIpc) is 2.34. The molecule has 1 aromatic rings. The van der Waals surface area contributed by atoms with Gasteiger partial charge in [-0.1, -0.05) is 24.3 Å². The Bertz CT molecular complexity index is 403. The highest BCUT2D eigenvalue weighted by Gasteiger charge is 2.32. The average molecular weight is 260 g/mol. The minimum Gasteiger partial charge on any atom is -0.390 e. The van der Waals surface area contributed by atoms with Crippen LogP contribution in [0.2, 0.25) is 0 Å². The minimum absolute atomic E-state index is 0.331. The zero-order valence-electron chi connectivity index (χ0n) is 9.78. The van der Waals surface area contributed by atoms with Crippen LogP contribution in [0.15, 0.2) is 24.3 Å². The van der Waals surface area contributed by atoms with Crippen molar-refractivity contribution in [2.24, 2.45) is 0 Å². The molecule has 0 spiro atoms. The van der Waals surface area contributed by atoms with E-state index in [0.717, 1.165) is 17.5 Å². The first-order valence-electron chi connectivity index (χ1n) is 5.91. The van der Waals surface area contributed by atoms with E-state index in [2.05, 4.69) is 0 Å². The second kappa shape index (κ2) is 5.28. The Morgan fingerprint density at radius 3 is 2.78 bits per heavy atom. The van der Waals surface area contributed by atoms with Crippen LogP contribution in [0.4, 0.5) is 13.2 Å². The number of hydrogen-bond acceptors (Lipinski definition) is 2. The molecule has 0 fully saturated rings. The highest BCUT2D eigenvalue weighted by atomic mass is 19.4. The molecular formula is C13H15F3O2. The second-order valence-electron chi connectivity index (χ2n) is 4.46. The molecule has 0 saturated heterocycles. The molecule has 2 atom stereocenters. The molecule has 2 unspecified atom stereocenters. The fourth-order valence-electron chi connectivity index (χ4n) is 2.21. The lowest BCUT2D eigenvalue weighted by atomic mass is 9.93. The Balaban J connectivity index is 2.06. The second-order valence-corrected chi connectivity index (χ2v) is 4.46. The van der Waals surface area contributed by atoms with Gasteiger partial charge >= 0.3 is 6.18 Å². The van der Waals surface area contributed by atoms with Crippen LogP contribution in [0.1, 0.15) is 30.1 Å². The van der Waals surface area contributed by atoms with Crippen LogP contribution < -0.4 is 0 Å². The molecule has 1 heterocycles. The monoisotopic (exact) mass is 260 g/mol. The van der Waals surface area contributed by atoms with E-state index in [9.17, 15) is 18.3 Å². The van der Waals surface area contributed by atoms with Gasteiger partial charge in [-0.05, 0) is 24.0 Å². The quantitative estimate of drug-likeness (QED) is 0.905. The molecule has 1 aliphatic heterocycles. The summed E-state index contributed by atoms with van der Waals surface area (Å²) in [6.07, 6.45) is -6.59. The summed E-state index contributed by atoms with van der Waals surface area (Å²) in [7, 11) is 0. The smallest absolute Gasteiger partial charge is 0.389 e. The van der Waals surface area contributed by atoms with E-state index >= 15 is 0 Å². The molecule has 1 aliphatic rings. The molecule has 0 aromatic heterocycles. The number of rotatable bonds is 3. The molecule has 2 nitrogen and oxygen atoms in total. The SMILES string of the molecule is OC(CCC(F)(F)F)C1OCCc2ccccc21. The van der Waals surface area contributed by atoms with Gasteiger partial charge in [0.25, 0.3) is 0 Å². The van der Waals surface area contributed by atoms with Gasteiger partial charge in [-0.25, -0.2) is 0 Å². The van der Waals surface area contributed by atoms with Crippen molar-refractivity contribution < 1.29 is 23.0 Å². The van der Waals surface area contributed by atoms with Gasteiger partial charge in [0.15, 0.2) is 0 Å². The Hall–Kier alpha value is -1.07. The summed E-state index contributed by atoms with van der Waals surface area (Å²) in [5, 5.41) is 9.86. The van der Waals surface area contributed by atoms with Gasteiger partial charge in [-0.15, -0.1) is 0 Å². The molecule has 0 radical (unpaired) electrons. The third kappa shape index (κ3) is 3.23. The first kappa shape index (κ1) is 13.4. The molecule has 0 saturated carbocycles. The largest absolute Gasteiger partial charge is 0.390 e. The maximum Gasteiger partial charge on any atom is 0.389 e. The highest BCUT2D eigenvalue weighted by molar-refractivity contribution is 5.31. The Morgan fingerprint density at radius 1 is 1.33 bits per heavy atom. The van der Waals surface area contributed by atoms with Crippen molar-refractivity contribution >= 4 is 0 Å². The summed E-state index contributed by atoms with van der Waals surface area (Å²) >= 11 is 0. The zero-order chi connectivity index (χ0) is 13.2. The predicted molar refractivity (Wildman–Crippen MR) is 60.1 cm³/mol. The number of halogens is 3. The van der Waals surface area contributed by atoms with Crippen molar-refractivity contribution in [3.8, 4) is 0 Å². The number of benzene rings is 1. The van der Waals surface area contributed by atoms with Crippen molar-refractivity contribution in [3.63, 3.8) is 0 Å². The van der Waals surface area contributed by atoms with E-state index in [1.165, 1.54) is 0 Å². The lowest BCUT2D eigenvalue weighted by molar-refractivity contribution is -0.146. The number of aliphatic hydroxyl groups is 1. The molecule has 1 N–H and O–H groups in total. The van der Waals surface area contributed by atoms with Crippen molar-refractivity contribution in [1.82, 2.24) is 0 Å². The van der Waals surface area contributed by atoms with E-state index in [-0.39, 0.29) is 6.42 Å². The molecule has 0 amide bonds. The minimum atomic E-state index is -4.24. The summed E-state index contributed by atoms with van der Waals surface area (Å²) < 4.78 is 41.8. The highest BCUT2D eigenvalue weighted by Crippen LogP contribution is 2.33. The summed E-state index contributed by atoms with van der Waals surface area (Å²) in [6, 6.07) is 7.40. The number of hydrogen-bond donors (Lipinski definition) is 1. The third-order valence-electron chi connectivity index (χ3n) is 3.10. The molecule has 0 bridgehead atoms. The molecule has 100 valence electrons. The van der Waals surface area contributed by atoms with Gasteiger partial charge in [0, 0.05) is 6.42 Å². The third-order valence-corrected chi connectivity index (χ3v) is 3.10. The van der Waals surface area contributed by atoms with Crippen LogP contribution in [0.5, 0.6) is 0 Å². The number of aliphatic hydroxyl groups excluding tert-OH is 1. The molecule has 5 heteroatoms. The Labute approximate surface area is 103 Å². The Morgan fingerprint density at radius 2 is 2.06 bits per heavy atom. The van der Waals surface area contributed by atoms with Gasteiger partial charge in [0.05, 0.1) is 12.7 Å². The molecule has 2 rings (SSSR count). The van der Waals surface area contributed by atoms with Crippen LogP contribution in [-0.4, -0.2) is 24.0 Å².